The maximum Gasteiger partial charge on any atom is 0.381 e. The SMILES string of the molecule is N/C=C\C(=C/N)c1[nH+]cc(C(=O)N[C@H](C(=O)N2C[C@H](Cl)[C@H]3OCC[C@H]32)C2CCCCC2)o1. The Bertz CT molecular complexity index is 895. The number of alkyl halides is 1. The molecule has 3 fully saturated rings. The molecule has 0 unspecified atom stereocenters. The number of ether oxygens (including phenoxy) is 1. The monoisotopic (exact) mass is 464 g/mol. The van der Waals surface area contributed by atoms with Gasteiger partial charge in [-0.2, -0.15) is 4.98 Å². The summed E-state index contributed by atoms with van der Waals surface area (Å²) in [4.78, 5) is 31.4. The van der Waals surface area contributed by atoms with Gasteiger partial charge in [-0.15, -0.1) is 11.6 Å². The minimum atomic E-state index is -0.631. The maximum atomic E-state index is 13.7. The number of oxazole rings is 1. The van der Waals surface area contributed by atoms with E-state index in [1.807, 2.05) is 4.90 Å². The summed E-state index contributed by atoms with van der Waals surface area (Å²) in [6.07, 6.45) is 11.3. The number of likely N-dealkylation sites (tertiary alicyclic amines) is 1. The number of aromatic amines is 1. The lowest BCUT2D eigenvalue weighted by Crippen LogP contribution is -2.54. The normalized spacial score (nSPS) is 27.6. The van der Waals surface area contributed by atoms with Crippen molar-refractivity contribution in [2.75, 3.05) is 13.2 Å². The van der Waals surface area contributed by atoms with Gasteiger partial charge >= 0.3 is 5.89 Å². The van der Waals surface area contributed by atoms with Crippen LogP contribution in [0.1, 0.15) is 55.0 Å². The van der Waals surface area contributed by atoms with Gasteiger partial charge < -0.3 is 30.8 Å². The molecule has 0 aromatic carbocycles. The van der Waals surface area contributed by atoms with Gasteiger partial charge in [-0.3, -0.25) is 9.59 Å². The first-order chi connectivity index (χ1) is 15.5. The lowest BCUT2D eigenvalue weighted by molar-refractivity contribution is -0.387. The molecule has 1 aromatic rings. The number of carbonyl (C=O) groups excluding carboxylic acids is 2. The number of hydrogen-bond acceptors (Lipinski definition) is 6. The number of allylic oxidation sites excluding steroid dienone is 2. The Morgan fingerprint density at radius 1 is 1.25 bits per heavy atom. The summed E-state index contributed by atoms with van der Waals surface area (Å²) in [6.45, 7) is 1.03. The van der Waals surface area contributed by atoms with Gasteiger partial charge in [0, 0.05) is 19.4 Å². The summed E-state index contributed by atoms with van der Waals surface area (Å²) in [6, 6.07) is -0.662. The van der Waals surface area contributed by atoms with Crippen LogP contribution in [0.25, 0.3) is 5.57 Å². The van der Waals surface area contributed by atoms with E-state index in [-0.39, 0.29) is 35.1 Å². The molecule has 1 aliphatic carbocycles. The van der Waals surface area contributed by atoms with Crippen LogP contribution in [0, 0.1) is 5.92 Å². The molecule has 1 saturated carbocycles. The summed E-state index contributed by atoms with van der Waals surface area (Å²) >= 11 is 6.46. The Kier molecular flexibility index (Phi) is 7.05. The highest BCUT2D eigenvalue weighted by atomic mass is 35.5. The third-order valence-electron chi connectivity index (χ3n) is 6.68. The van der Waals surface area contributed by atoms with Crippen molar-refractivity contribution in [1.29, 1.82) is 0 Å². The van der Waals surface area contributed by atoms with Crippen LogP contribution in [0.2, 0.25) is 0 Å². The Balaban J connectivity index is 1.53. The van der Waals surface area contributed by atoms with Crippen LogP contribution < -0.4 is 21.8 Å². The number of nitrogens with two attached hydrogens (primary N) is 2. The number of carbonyl (C=O) groups is 2. The van der Waals surface area contributed by atoms with E-state index in [0.717, 1.165) is 38.5 Å². The summed E-state index contributed by atoms with van der Waals surface area (Å²) in [7, 11) is 0. The number of nitrogens with zero attached hydrogens (tertiary/aromatic N) is 1. The second-order valence-corrected chi connectivity index (χ2v) is 9.17. The summed E-state index contributed by atoms with van der Waals surface area (Å²) in [5.74, 6) is -0.0930. The fourth-order valence-electron chi connectivity index (χ4n) is 5.06. The maximum absolute atomic E-state index is 13.7. The molecule has 9 nitrogen and oxygen atoms in total. The molecular formula is C22H31ClN5O4+. The molecule has 1 aromatic heterocycles. The van der Waals surface area contributed by atoms with Crippen molar-refractivity contribution in [3.8, 4) is 0 Å². The summed E-state index contributed by atoms with van der Waals surface area (Å²) < 4.78 is 11.4. The van der Waals surface area contributed by atoms with Crippen molar-refractivity contribution in [2.45, 2.75) is 62.1 Å². The average molecular weight is 465 g/mol. The van der Waals surface area contributed by atoms with Crippen molar-refractivity contribution in [2.24, 2.45) is 17.4 Å². The molecule has 174 valence electrons. The van der Waals surface area contributed by atoms with Crippen molar-refractivity contribution < 1.29 is 23.7 Å². The predicted molar refractivity (Wildman–Crippen MR) is 118 cm³/mol. The molecule has 2 aliphatic heterocycles. The Hall–Kier alpha value is -2.52. The first-order valence-corrected chi connectivity index (χ1v) is 11.7. The van der Waals surface area contributed by atoms with Gasteiger partial charge in [-0.05, 0) is 37.5 Å². The zero-order chi connectivity index (χ0) is 22.7. The third-order valence-corrected chi connectivity index (χ3v) is 7.06. The van der Waals surface area contributed by atoms with Crippen LogP contribution in [0.5, 0.6) is 0 Å². The molecule has 32 heavy (non-hydrogen) atoms. The van der Waals surface area contributed by atoms with Crippen LogP contribution >= 0.6 is 11.6 Å². The van der Waals surface area contributed by atoms with Gasteiger partial charge in [0.2, 0.25) is 12.1 Å². The molecule has 0 bridgehead atoms. The highest BCUT2D eigenvalue weighted by molar-refractivity contribution is 6.21. The largest absolute Gasteiger partial charge is 0.405 e. The molecule has 6 N–H and O–H groups in total. The van der Waals surface area contributed by atoms with Crippen molar-refractivity contribution >= 4 is 29.0 Å². The fourth-order valence-corrected chi connectivity index (χ4v) is 5.45. The standard InChI is InChI=1S/C22H30ClN5O4/c23-15-12-28(16-7-9-31-19(15)16)22(30)18(13-4-2-1-3-5-13)27-20(29)17-11-26-21(32-17)14(10-25)6-8-24/h6,8,10-11,13,15-16,18-19H,1-5,7,9,12,24-25H2,(H,27,29)/p+1/b8-6-,14-10+/t15-,16+,18-,19+/m0/s1. The van der Waals surface area contributed by atoms with Crippen molar-refractivity contribution in [3.63, 3.8) is 0 Å². The van der Waals surface area contributed by atoms with Crippen LogP contribution in [-0.2, 0) is 9.53 Å². The van der Waals surface area contributed by atoms with Gasteiger partial charge in [0.1, 0.15) is 11.6 Å². The highest BCUT2D eigenvalue weighted by Crippen LogP contribution is 2.35. The molecule has 4 rings (SSSR count). The number of nitrogens with one attached hydrogen (secondary N) is 2. The molecule has 10 heteroatoms. The molecule has 2 amide bonds. The van der Waals surface area contributed by atoms with E-state index < -0.39 is 11.9 Å². The lowest BCUT2D eigenvalue weighted by atomic mass is 9.83. The van der Waals surface area contributed by atoms with Crippen LogP contribution in [0.3, 0.4) is 0 Å². The Labute approximate surface area is 192 Å². The second-order valence-electron chi connectivity index (χ2n) is 8.61. The predicted octanol–water partition coefficient (Wildman–Crippen LogP) is 1.15. The number of amides is 2. The molecule has 3 heterocycles. The fraction of sp³-hybridized carbons (Fsp3) is 0.591. The molecule has 3 aliphatic rings. The first-order valence-electron chi connectivity index (χ1n) is 11.2. The third kappa shape index (κ3) is 4.49. The van der Waals surface area contributed by atoms with Crippen molar-refractivity contribution in [3.05, 3.63) is 36.3 Å². The van der Waals surface area contributed by atoms with Crippen LogP contribution in [0.4, 0.5) is 0 Å². The number of fused-ring (bicyclic) bond motifs is 1. The van der Waals surface area contributed by atoms with E-state index in [9.17, 15) is 9.59 Å². The van der Waals surface area contributed by atoms with Crippen LogP contribution in [0.15, 0.2) is 29.1 Å². The average Bonchev–Trinajstić information content (AvgIpc) is 3.54. The number of halogens is 1. The topological polar surface area (TPSA) is 138 Å². The summed E-state index contributed by atoms with van der Waals surface area (Å²) in [5, 5.41) is 2.73. The van der Waals surface area contributed by atoms with Gasteiger partial charge in [0.05, 0.1) is 17.5 Å². The van der Waals surface area contributed by atoms with Crippen molar-refractivity contribution in [1.82, 2.24) is 10.2 Å². The van der Waals surface area contributed by atoms with Gasteiger partial charge in [0.25, 0.3) is 11.7 Å². The quantitative estimate of drug-likeness (QED) is 0.426. The minimum absolute atomic E-state index is 0.0307. The molecule has 2 saturated heterocycles. The van der Waals surface area contributed by atoms with Crippen LogP contribution in [-0.4, -0.2) is 53.4 Å². The highest BCUT2D eigenvalue weighted by Gasteiger charge is 2.49. The molecule has 4 atom stereocenters. The van der Waals surface area contributed by atoms with E-state index in [4.69, 9.17) is 32.2 Å². The van der Waals surface area contributed by atoms with E-state index in [1.54, 1.807) is 6.08 Å². The Morgan fingerprint density at radius 2 is 2.03 bits per heavy atom. The Morgan fingerprint density at radius 3 is 2.75 bits per heavy atom. The second kappa shape index (κ2) is 9.95. The van der Waals surface area contributed by atoms with E-state index in [0.29, 0.717) is 24.6 Å². The first kappa shape index (κ1) is 22.7. The van der Waals surface area contributed by atoms with E-state index in [2.05, 4.69) is 10.3 Å². The molecular weight excluding hydrogens is 434 g/mol. The summed E-state index contributed by atoms with van der Waals surface area (Å²) in [5.41, 5.74) is 11.5. The van der Waals surface area contributed by atoms with E-state index >= 15 is 0 Å². The van der Waals surface area contributed by atoms with Gasteiger partial charge in [-0.25, -0.2) is 0 Å². The zero-order valence-electron chi connectivity index (χ0n) is 18.0. The number of H-pyrrole nitrogens is 1. The van der Waals surface area contributed by atoms with E-state index in [1.165, 1.54) is 18.6 Å². The number of rotatable bonds is 6. The number of aromatic nitrogens is 1. The van der Waals surface area contributed by atoms with Gasteiger partial charge in [-0.1, -0.05) is 19.3 Å². The molecule has 0 radical (unpaired) electrons. The lowest BCUT2D eigenvalue weighted by Gasteiger charge is -2.34. The smallest absolute Gasteiger partial charge is 0.381 e. The number of hydrogen-bond donors (Lipinski definition) is 3. The molecule has 0 spiro atoms. The minimum Gasteiger partial charge on any atom is -0.405 e. The zero-order valence-corrected chi connectivity index (χ0v) is 18.7. The van der Waals surface area contributed by atoms with Gasteiger partial charge in [0.15, 0.2) is 0 Å².